The van der Waals surface area contributed by atoms with E-state index < -0.39 is 0 Å². The third-order valence-corrected chi connectivity index (χ3v) is 3.43. The number of benzene rings is 3. The van der Waals surface area contributed by atoms with Gasteiger partial charge in [-0.05, 0) is 35.7 Å². The molecule has 1 N–H and O–H groups in total. The highest BCUT2D eigenvalue weighted by atomic mass is 16.3. The Kier molecular flexibility index (Phi) is 3.26. The van der Waals surface area contributed by atoms with E-state index in [2.05, 4.69) is 43.3 Å². The molecule has 98 valence electrons. The third kappa shape index (κ3) is 2.43. The van der Waals surface area contributed by atoms with Crippen molar-refractivity contribution in [2.24, 2.45) is 0 Å². The van der Waals surface area contributed by atoms with E-state index in [1.807, 2.05) is 30.3 Å². The fourth-order valence-corrected chi connectivity index (χ4v) is 2.41. The van der Waals surface area contributed by atoms with Crippen molar-refractivity contribution in [3.05, 3.63) is 78.4 Å². The van der Waals surface area contributed by atoms with Gasteiger partial charge in [0.15, 0.2) is 0 Å². The molecule has 1 heteroatoms. The molecule has 0 aliphatic rings. The van der Waals surface area contributed by atoms with Crippen molar-refractivity contribution in [3.63, 3.8) is 0 Å². The van der Waals surface area contributed by atoms with Crippen LogP contribution in [-0.4, -0.2) is 5.11 Å². The Bertz CT molecular complexity index is 744. The number of hydrogen-bond acceptors (Lipinski definition) is 1. The number of rotatable bonds is 2. The molecule has 0 heterocycles. The summed E-state index contributed by atoms with van der Waals surface area (Å²) < 4.78 is 0. The predicted octanol–water partition coefficient (Wildman–Crippen LogP) is 5.03. The molecule has 0 fully saturated rings. The van der Waals surface area contributed by atoms with Crippen molar-refractivity contribution in [1.29, 1.82) is 0 Å². The summed E-state index contributed by atoms with van der Waals surface area (Å²) in [5.41, 5.74) is 5.50. The molecule has 0 saturated carbocycles. The lowest BCUT2D eigenvalue weighted by atomic mass is 9.98. The van der Waals surface area contributed by atoms with Crippen LogP contribution in [0.1, 0.15) is 5.56 Å². The zero-order chi connectivity index (χ0) is 13.9. The van der Waals surface area contributed by atoms with Gasteiger partial charge in [-0.25, -0.2) is 0 Å². The van der Waals surface area contributed by atoms with Crippen molar-refractivity contribution < 1.29 is 5.11 Å². The lowest BCUT2D eigenvalue weighted by molar-refractivity contribution is 0.477. The molecule has 3 aromatic carbocycles. The van der Waals surface area contributed by atoms with Gasteiger partial charge < -0.3 is 5.11 Å². The highest BCUT2D eigenvalue weighted by Gasteiger charge is 2.05. The van der Waals surface area contributed by atoms with E-state index >= 15 is 0 Å². The van der Waals surface area contributed by atoms with Crippen molar-refractivity contribution >= 4 is 0 Å². The van der Waals surface area contributed by atoms with E-state index in [-0.39, 0.29) is 0 Å². The van der Waals surface area contributed by atoms with Crippen molar-refractivity contribution in [3.8, 4) is 28.0 Å². The smallest absolute Gasteiger partial charge is 0.123 e. The number of aryl methyl sites for hydroxylation is 1. The van der Waals surface area contributed by atoms with Crippen LogP contribution in [0, 0.1) is 6.92 Å². The van der Waals surface area contributed by atoms with Crippen LogP contribution in [0.15, 0.2) is 72.8 Å². The van der Waals surface area contributed by atoms with Crippen LogP contribution >= 0.6 is 0 Å². The SMILES string of the molecule is Cc1cccc(-c2cccc(-c3ccccc3O)c2)c1. The Morgan fingerprint density at radius 3 is 2.05 bits per heavy atom. The molecule has 0 radical (unpaired) electrons. The summed E-state index contributed by atoms with van der Waals surface area (Å²) in [5.74, 6) is 0.314. The summed E-state index contributed by atoms with van der Waals surface area (Å²) in [4.78, 5) is 0. The number of phenolic OH excluding ortho intramolecular Hbond substituents is 1. The average molecular weight is 260 g/mol. The Morgan fingerprint density at radius 2 is 1.30 bits per heavy atom. The van der Waals surface area contributed by atoms with Crippen LogP contribution in [0.2, 0.25) is 0 Å². The lowest BCUT2D eigenvalue weighted by Crippen LogP contribution is -1.83. The molecule has 0 saturated heterocycles. The molecule has 0 amide bonds. The molecule has 0 atom stereocenters. The first-order valence-electron chi connectivity index (χ1n) is 6.69. The standard InChI is InChI=1S/C19H16O/c1-14-6-4-7-15(12-14)16-8-5-9-17(13-16)18-10-2-3-11-19(18)20/h2-13,20H,1H3. The van der Waals surface area contributed by atoms with Crippen molar-refractivity contribution in [2.75, 3.05) is 0 Å². The third-order valence-electron chi connectivity index (χ3n) is 3.43. The monoisotopic (exact) mass is 260 g/mol. The second-order valence-corrected chi connectivity index (χ2v) is 4.97. The summed E-state index contributed by atoms with van der Waals surface area (Å²) in [6.07, 6.45) is 0. The number of hydrogen-bond donors (Lipinski definition) is 1. The second kappa shape index (κ2) is 5.22. The topological polar surface area (TPSA) is 20.2 Å². The lowest BCUT2D eigenvalue weighted by Gasteiger charge is -2.08. The Balaban J connectivity index is 2.09. The molecule has 0 aliphatic carbocycles. The second-order valence-electron chi connectivity index (χ2n) is 4.97. The van der Waals surface area contributed by atoms with Gasteiger partial charge in [0.25, 0.3) is 0 Å². The molecule has 0 aromatic heterocycles. The van der Waals surface area contributed by atoms with Crippen molar-refractivity contribution in [1.82, 2.24) is 0 Å². The molecule has 0 bridgehead atoms. The van der Waals surface area contributed by atoms with Gasteiger partial charge >= 0.3 is 0 Å². The Labute approximate surface area is 119 Å². The average Bonchev–Trinajstić information content (AvgIpc) is 2.48. The van der Waals surface area contributed by atoms with Gasteiger partial charge in [-0.1, -0.05) is 66.2 Å². The normalized spacial score (nSPS) is 10.4. The quantitative estimate of drug-likeness (QED) is 0.684. The van der Waals surface area contributed by atoms with Crippen LogP contribution in [0.4, 0.5) is 0 Å². The molecular weight excluding hydrogens is 244 g/mol. The molecule has 0 spiro atoms. The van der Waals surface area contributed by atoms with E-state index in [9.17, 15) is 5.11 Å². The van der Waals surface area contributed by atoms with Crippen LogP contribution in [-0.2, 0) is 0 Å². The maximum atomic E-state index is 9.97. The fraction of sp³-hybridized carbons (Fsp3) is 0.0526. The molecule has 0 unspecified atom stereocenters. The molecule has 0 aliphatic heterocycles. The number of phenols is 1. The summed E-state index contributed by atoms with van der Waals surface area (Å²) in [6, 6.07) is 24.1. The van der Waals surface area contributed by atoms with Crippen LogP contribution in [0.5, 0.6) is 5.75 Å². The van der Waals surface area contributed by atoms with Crippen LogP contribution < -0.4 is 0 Å². The minimum Gasteiger partial charge on any atom is -0.507 e. The van der Waals surface area contributed by atoms with Crippen LogP contribution in [0.25, 0.3) is 22.3 Å². The predicted molar refractivity (Wildman–Crippen MR) is 83.7 cm³/mol. The first-order chi connectivity index (χ1) is 9.74. The first kappa shape index (κ1) is 12.5. The van der Waals surface area contributed by atoms with E-state index in [4.69, 9.17) is 0 Å². The summed E-state index contributed by atoms with van der Waals surface area (Å²) in [6.45, 7) is 2.09. The minimum atomic E-state index is 0.314. The van der Waals surface area contributed by atoms with E-state index in [0.29, 0.717) is 5.75 Å². The van der Waals surface area contributed by atoms with E-state index in [0.717, 1.165) is 16.7 Å². The summed E-state index contributed by atoms with van der Waals surface area (Å²) in [7, 11) is 0. The van der Waals surface area contributed by atoms with Gasteiger partial charge in [-0.15, -0.1) is 0 Å². The maximum Gasteiger partial charge on any atom is 0.123 e. The number of para-hydroxylation sites is 1. The van der Waals surface area contributed by atoms with E-state index in [1.54, 1.807) is 6.07 Å². The Morgan fingerprint density at radius 1 is 0.650 bits per heavy atom. The molecular formula is C19H16O. The highest BCUT2D eigenvalue weighted by Crippen LogP contribution is 2.31. The fourth-order valence-electron chi connectivity index (χ4n) is 2.41. The minimum absolute atomic E-state index is 0.314. The largest absolute Gasteiger partial charge is 0.507 e. The Hall–Kier alpha value is -2.54. The number of aromatic hydroxyl groups is 1. The molecule has 3 aromatic rings. The van der Waals surface area contributed by atoms with Gasteiger partial charge in [0.1, 0.15) is 5.75 Å². The van der Waals surface area contributed by atoms with Crippen molar-refractivity contribution in [2.45, 2.75) is 6.92 Å². The molecule has 1 nitrogen and oxygen atoms in total. The van der Waals surface area contributed by atoms with Gasteiger partial charge in [0, 0.05) is 5.56 Å². The molecule has 3 rings (SSSR count). The zero-order valence-corrected chi connectivity index (χ0v) is 11.4. The summed E-state index contributed by atoms with van der Waals surface area (Å²) >= 11 is 0. The van der Waals surface area contributed by atoms with Gasteiger partial charge in [-0.3, -0.25) is 0 Å². The van der Waals surface area contributed by atoms with E-state index in [1.165, 1.54) is 11.1 Å². The van der Waals surface area contributed by atoms with Gasteiger partial charge in [0.2, 0.25) is 0 Å². The highest BCUT2D eigenvalue weighted by molar-refractivity contribution is 5.76. The van der Waals surface area contributed by atoms with Crippen LogP contribution in [0.3, 0.4) is 0 Å². The first-order valence-corrected chi connectivity index (χ1v) is 6.69. The summed E-state index contributed by atoms with van der Waals surface area (Å²) in [5, 5.41) is 9.97. The van der Waals surface area contributed by atoms with Gasteiger partial charge in [0.05, 0.1) is 0 Å². The maximum absolute atomic E-state index is 9.97. The zero-order valence-electron chi connectivity index (χ0n) is 11.4. The molecule has 20 heavy (non-hydrogen) atoms. The van der Waals surface area contributed by atoms with Gasteiger partial charge in [-0.2, -0.15) is 0 Å².